The highest BCUT2D eigenvalue weighted by molar-refractivity contribution is 5.88. The van der Waals surface area contributed by atoms with E-state index in [0.29, 0.717) is 24.4 Å². The first-order valence-corrected chi connectivity index (χ1v) is 10.6. The van der Waals surface area contributed by atoms with Crippen LogP contribution >= 0.6 is 0 Å². The zero-order valence-electron chi connectivity index (χ0n) is 18.4. The summed E-state index contributed by atoms with van der Waals surface area (Å²) < 4.78 is 4.69. The molecule has 0 saturated carbocycles. The molecule has 2 aromatic rings. The normalized spacial score (nSPS) is 23.5. The van der Waals surface area contributed by atoms with Crippen molar-refractivity contribution in [2.75, 3.05) is 27.2 Å². The van der Waals surface area contributed by atoms with Crippen LogP contribution in [0.3, 0.4) is 0 Å². The molecule has 0 radical (unpaired) electrons. The molecular formula is C22H29N3O8. The van der Waals surface area contributed by atoms with Crippen LogP contribution in [-0.4, -0.2) is 93.8 Å². The number of H-pyrrole nitrogens is 1. The monoisotopic (exact) mass is 463 g/mol. The molecule has 1 aliphatic carbocycles. The maximum absolute atomic E-state index is 11.4. The van der Waals surface area contributed by atoms with Crippen molar-refractivity contribution in [2.24, 2.45) is 5.92 Å². The first-order chi connectivity index (χ1) is 15.6. The Balaban J connectivity index is 0.000000262. The van der Waals surface area contributed by atoms with Gasteiger partial charge < -0.3 is 40.4 Å². The summed E-state index contributed by atoms with van der Waals surface area (Å²) in [5.74, 6) is -2.55. The molecule has 1 fully saturated rings. The van der Waals surface area contributed by atoms with E-state index in [2.05, 4.69) is 51.4 Å². The van der Waals surface area contributed by atoms with Gasteiger partial charge in [-0.05, 0) is 43.0 Å². The molecule has 11 nitrogen and oxygen atoms in total. The lowest BCUT2D eigenvalue weighted by molar-refractivity contribution is -0.165. The van der Waals surface area contributed by atoms with Gasteiger partial charge in [-0.1, -0.05) is 12.1 Å². The van der Waals surface area contributed by atoms with Crippen molar-refractivity contribution in [1.29, 1.82) is 0 Å². The molecule has 5 atom stereocenters. The number of carbonyl (C=O) groups excluding carboxylic acids is 1. The summed E-state index contributed by atoms with van der Waals surface area (Å²) in [6.45, 7) is 1.69. The number of fused-ring (bicyclic) bond motifs is 2. The second kappa shape index (κ2) is 10.2. The highest BCUT2D eigenvalue weighted by atomic mass is 16.5. The van der Waals surface area contributed by atoms with Gasteiger partial charge in [0.15, 0.2) is 12.2 Å². The topological polar surface area (TPSA) is 172 Å². The lowest BCUT2D eigenvalue weighted by atomic mass is 9.72. The summed E-state index contributed by atoms with van der Waals surface area (Å²) in [5.41, 5.74) is 4.15. The van der Waals surface area contributed by atoms with Crippen LogP contribution in [0.5, 0.6) is 0 Å². The standard InChI is InChI=1S/C18H23N3O2.C4H6O6/c1-21-10-11(8-20-18(22)23-2)6-14-13-4-3-5-15-17(13)12(9-19-15)7-16(14)21;5-1(3(7)8)2(6)4(9)10/h3-5,9,11,14,16,19H,6-8,10H2,1-2H3,(H,20,22);1-2,5-6H,(H,7,8)(H,9,10)/t11-,14+,16+;/m0./s1. The van der Waals surface area contributed by atoms with Gasteiger partial charge in [0.05, 0.1) is 7.11 Å². The number of hydrogen-bond donors (Lipinski definition) is 6. The van der Waals surface area contributed by atoms with E-state index in [4.69, 9.17) is 20.4 Å². The van der Waals surface area contributed by atoms with E-state index in [-0.39, 0.29) is 6.09 Å². The molecule has 4 rings (SSSR count). The summed E-state index contributed by atoms with van der Waals surface area (Å²) in [6, 6.07) is 7.14. The third kappa shape index (κ3) is 5.27. The van der Waals surface area contributed by atoms with Crippen LogP contribution in [0.4, 0.5) is 4.79 Å². The maximum Gasteiger partial charge on any atom is 0.406 e. The molecule has 2 heterocycles. The summed E-state index contributed by atoms with van der Waals surface area (Å²) in [4.78, 5) is 36.8. The number of carboxylic acid groups (broad SMARTS) is 2. The Kier molecular flexibility index (Phi) is 7.57. The third-order valence-electron chi connectivity index (χ3n) is 6.34. The molecule has 2 aliphatic rings. The lowest BCUT2D eigenvalue weighted by Crippen LogP contribution is -2.50. The van der Waals surface area contributed by atoms with Crippen molar-refractivity contribution in [2.45, 2.75) is 37.0 Å². The number of nitrogens with one attached hydrogen (secondary N) is 2. The number of aliphatic hydroxyl groups excluding tert-OH is 2. The van der Waals surface area contributed by atoms with E-state index in [1.165, 1.54) is 29.1 Å². The van der Waals surface area contributed by atoms with Crippen molar-refractivity contribution in [1.82, 2.24) is 15.2 Å². The van der Waals surface area contributed by atoms with Gasteiger partial charge in [-0.25, -0.2) is 14.4 Å². The van der Waals surface area contributed by atoms with E-state index in [0.717, 1.165) is 19.4 Å². The number of aromatic amines is 1. The Labute approximate surface area is 190 Å². The maximum atomic E-state index is 11.4. The number of methoxy groups -OCH3 is 1. The number of nitrogens with zero attached hydrogens (tertiary/aromatic N) is 1. The summed E-state index contributed by atoms with van der Waals surface area (Å²) in [5, 5.41) is 36.8. The Hall–Kier alpha value is -3.15. The van der Waals surface area contributed by atoms with Crippen LogP contribution in [0.2, 0.25) is 0 Å². The number of ether oxygens (including phenoxy) is 1. The number of aliphatic carboxylic acids is 2. The summed E-state index contributed by atoms with van der Waals surface area (Å²) >= 11 is 0. The van der Waals surface area contributed by atoms with Crippen LogP contribution in [-0.2, 0) is 20.7 Å². The SMILES string of the molecule is COC(=O)NC[C@@H]1C[C@@H]2c3cccc4[nH]cc(c34)C[C@H]2N(C)C1.O=C(O)C(O)C(O)C(=O)O. The number of piperidine rings is 1. The van der Waals surface area contributed by atoms with Crippen molar-refractivity contribution in [3.63, 3.8) is 0 Å². The van der Waals surface area contributed by atoms with Crippen LogP contribution in [0.1, 0.15) is 23.5 Å². The molecule has 1 aliphatic heterocycles. The smallest absolute Gasteiger partial charge is 0.406 e. The number of aliphatic hydroxyl groups is 2. The second-order valence-electron chi connectivity index (χ2n) is 8.44. The van der Waals surface area contributed by atoms with Gasteiger partial charge in [0.2, 0.25) is 0 Å². The van der Waals surface area contributed by atoms with Crippen LogP contribution in [0, 0.1) is 5.92 Å². The number of rotatable bonds is 5. The van der Waals surface area contributed by atoms with Crippen LogP contribution in [0.25, 0.3) is 10.9 Å². The first-order valence-electron chi connectivity index (χ1n) is 10.6. The number of likely N-dealkylation sites (tertiary alicyclic amines) is 1. The molecule has 1 aromatic heterocycles. The fraction of sp³-hybridized carbons (Fsp3) is 0.500. The molecule has 6 N–H and O–H groups in total. The molecule has 33 heavy (non-hydrogen) atoms. The van der Waals surface area contributed by atoms with E-state index in [9.17, 15) is 14.4 Å². The number of aromatic nitrogens is 1. The van der Waals surface area contributed by atoms with Gasteiger partial charge in [0.25, 0.3) is 0 Å². The highest BCUT2D eigenvalue weighted by Gasteiger charge is 2.39. The Morgan fingerprint density at radius 1 is 1.21 bits per heavy atom. The Morgan fingerprint density at radius 2 is 1.88 bits per heavy atom. The predicted molar refractivity (Wildman–Crippen MR) is 117 cm³/mol. The summed E-state index contributed by atoms with van der Waals surface area (Å²) in [7, 11) is 3.62. The molecule has 1 saturated heterocycles. The third-order valence-corrected chi connectivity index (χ3v) is 6.34. The Bertz CT molecular complexity index is 1000. The molecule has 180 valence electrons. The van der Waals surface area contributed by atoms with Crippen molar-refractivity contribution in [3.05, 3.63) is 35.5 Å². The fourth-order valence-corrected chi connectivity index (χ4v) is 4.77. The minimum Gasteiger partial charge on any atom is -0.479 e. The quantitative estimate of drug-likeness (QED) is 0.366. The molecule has 0 spiro atoms. The minimum atomic E-state index is -2.27. The lowest BCUT2D eigenvalue weighted by Gasteiger charge is -2.45. The number of benzene rings is 1. The number of carboxylic acids is 2. The largest absolute Gasteiger partial charge is 0.479 e. The summed E-state index contributed by atoms with van der Waals surface area (Å²) in [6.07, 6.45) is -0.482. The number of amides is 1. The van der Waals surface area contributed by atoms with Crippen LogP contribution < -0.4 is 5.32 Å². The number of carbonyl (C=O) groups is 3. The van der Waals surface area contributed by atoms with Gasteiger partial charge in [-0.2, -0.15) is 0 Å². The van der Waals surface area contributed by atoms with E-state index >= 15 is 0 Å². The fourth-order valence-electron chi connectivity index (χ4n) is 4.77. The van der Waals surface area contributed by atoms with Crippen molar-refractivity contribution < 1.29 is 39.5 Å². The average Bonchev–Trinajstić information content (AvgIpc) is 3.21. The first kappa shape index (κ1) is 24.5. The average molecular weight is 463 g/mol. The molecule has 1 aromatic carbocycles. The van der Waals surface area contributed by atoms with E-state index in [1.807, 2.05) is 0 Å². The van der Waals surface area contributed by atoms with E-state index in [1.54, 1.807) is 0 Å². The highest BCUT2D eigenvalue weighted by Crippen LogP contribution is 2.44. The van der Waals surface area contributed by atoms with Gasteiger partial charge in [-0.3, -0.25) is 0 Å². The van der Waals surface area contributed by atoms with Gasteiger partial charge in [-0.15, -0.1) is 0 Å². The Morgan fingerprint density at radius 3 is 2.48 bits per heavy atom. The van der Waals surface area contributed by atoms with E-state index < -0.39 is 24.1 Å². The van der Waals surface area contributed by atoms with Crippen LogP contribution in [0.15, 0.2) is 24.4 Å². The minimum absolute atomic E-state index is 0.339. The number of likely N-dealkylation sites (N-methyl/N-ethyl adjacent to an activating group) is 1. The van der Waals surface area contributed by atoms with Gasteiger partial charge >= 0.3 is 18.0 Å². The molecular weight excluding hydrogens is 434 g/mol. The number of alkyl carbamates (subject to hydrolysis) is 1. The zero-order chi connectivity index (χ0) is 24.3. The molecule has 0 bridgehead atoms. The molecule has 2 unspecified atom stereocenters. The van der Waals surface area contributed by atoms with Crippen molar-refractivity contribution in [3.8, 4) is 0 Å². The van der Waals surface area contributed by atoms with Crippen molar-refractivity contribution >= 4 is 28.9 Å². The van der Waals surface area contributed by atoms with Gasteiger partial charge in [0.1, 0.15) is 0 Å². The zero-order valence-corrected chi connectivity index (χ0v) is 18.4. The molecule has 1 amide bonds. The predicted octanol–water partition coefficient (Wildman–Crippen LogP) is 0.361. The second-order valence-corrected chi connectivity index (χ2v) is 8.44. The van der Waals surface area contributed by atoms with Gasteiger partial charge in [0, 0.05) is 42.1 Å². The number of hydrogen-bond acceptors (Lipinski definition) is 7. The molecule has 11 heteroatoms.